The molecule has 0 amide bonds. The van der Waals surface area contributed by atoms with E-state index in [1.54, 1.807) is 32.7 Å². The number of benzene rings is 2. The lowest BCUT2D eigenvalue weighted by atomic mass is 9.99. The van der Waals surface area contributed by atoms with Gasteiger partial charge in [-0.3, -0.25) is 4.99 Å². The largest absolute Gasteiger partial charge is 0.493 e. The Morgan fingerprint density at radius 2 is 1.61 bits per heavy atom. The fourth-order valence-electron chi connectivity index (χ4n) is 4.06. The molecule has 7 heteroatoms. The van der Waals surface area contributed by atoms with Crippen LogP contribution < -0.4 is 19.0 Å². The maximum Gasteiger partial charge on any atom is 0.206 e. The monoisotopic (exact) mass is 465 g/mol. The molecule has 1 aromatic heterocycles. The van der Waals surface area contributed by atoms with Crippen molar-refractivity contribution < 1.29 is 14.2 Å². The van der Waals surface area contributed by atoms with Crippen LogP contribution in [0, 0.1) is 0 Å². The molecule has 1 saturated carbocycles. The minimum atomic E-state index is 0.580. The van der Waals surface area contributed by atoms with Crippen LogP contribution in [-0.4, -0.2) is 38.3 Å². The Labute approximate surface area is 199 Å². The maximum absolute atomic E-state index is 5.58. The van der Waals surface area contributed by atoms with Gasteiger partial charge >= 0.3 is 0 Å². The lowest BCUT2D eigenvalue weighted by Gasteiger charge is -2.15. The van der Waals surface area contributed by atoms with Crippen LogP contribution in [0.15, 0.2) is 57.9 Å². The molecule has 2 aromatic carbocycles. The number of hydrogen-bond acceptors (Lipinski definition) is 6. The molecule has 6 nitrogen and oxygen atoms in total. The predicted octanol–water partition coefficient (Wildman–Crippen LogP) is 5.55. The van der Waals surface area contributed by atoms with Crippen molar-refractivity contribution in [1.29, 1.82) is 0 Å². The number of hydrogen-bond donors (Lipinski definition) is 0. The molecule has 1 aliphatic rings. The lowest BCUT2D eigenvalue weighted by molar-refractivity contribution is 0.324. The first-order valence-electron chi connectivity index (χ1n) is 11.4. The SMILES string of the molecule is COc1cc(-c2csc(=NCCc3ccccc3)n2N=C2CCCCC2)cc(OC)c1OC. The van der Waals surface area contributed by atoms with Crippen molar-refractivity contribution in [1.82, 2.24) is 4.68 Å². The van der Waals surface area contributed by atoms with Crippen LogP contribution in [-0.2, 0) is 6.42 Å². The number of ether oxygens (including phenoxy) is 3. The highest BCUT2D eigenvalue weighted by molar-refractivity contribution is 7.07. The van der Waals surface area contributed by atoms with E-state index < -0.39 is 0 Å². The Balaban J connectivity index is 1.76. The van der Waals surface area contributed by atoms with E-state index >= 15 is 0 Å². The van der Waals surface area contributed by atoms with Crippen molar-refractivity contribution in [3.63, 3.8) is 0 Å². The third-order valence-corrected chi connectivity index (χ3v) is 6.66. The molecule has 0 saturated heterocycles. The van der Waals surface area contributed by atoms with Crippen LogP contribution in [0.3, 0.4) is 0 Å². The first-order valence-corrected chi connectivity index (χ1v) is 12.2. The van der Waals surface area contributed by atoms with E-state index in [2.05, 4.69) is 29.6 Å². The topological polar surface area (TPSA) is 57.3 Å². The smallest absolute Gasteiger partial charge is 0.206 e. The summed E-state index contributed by atoms with van der Waals surface area (Å²) in [5.74, 6) is 1.83. The highest BCUT2D eigenvalue weighted by Crippen LogP contribution is 2.41. The molecule has 33 heavy (non-hydrogen) atoms. The van der Waals surface area contributed by atoms with Gasteiger partial charge in [0.05, 0.1) is 27.0 Å². The van der Waals surface area contributed by atoms with Gasteiger partial charge in [-0.15, -0.1) is 11.3 Å². The zero-order valence-electron chi connectivity index (χ0n) is 19.5. The number of thiazole rings is 1. The zero-order chi connectivity index (χ0) is 23.0. The maximum atomic E-state index is 5.58. The second-order valence-electron chi connectivity index (χ2n) is 7.97. The molecule has 0 aliphatic heterocycles. The quantitative estimate of drug-likeness (QED) is 0.438. The fraction of sp³-hybridized carbons (Fsp3) is 0.385. The third-order valence-electron chi connectivity index (χ3n) is 5.81. The molecule has 0 N–H and O–H groups in total. The summed E-state index contributed by atoms with van der Waals surface area (Å²) in [6.07, 6.45) is 6.66. The highest BCUT2D eigenvalue weighted by Gasteiger charge is 2.18. The van der Waals surface area contributed by atoms with Crippen LogP contribution >= 0.6 is 11.3 Å². The summed E-state index contributed by atoms with van der Waals surface area (Å²) < 4.78 is 18.7. The zero-order valence-corrected chi connectivity index (χ0v) is 20.4. The van der Waals surface area contributed by atoms with Gasteiger partial charge in [-0.25, -0.2) is 4.68 Å². The van der Waals surface area contributed by atoms with Crippen molar-refractivity contribution >= 4 is 17.0 Å². The first kappa shape index (κ1) is 23.1. The van der Waals surface area contributed by atoms with Crippen LogP contribution in [0.2, 0.25) is 0 Å². The molecule has 1 aliphatic carbocycles. The molecule has 1 heterocycles. The van der Waals surface area contributed by atoms with Gasteiger partial charge in [-0.05, 0) is 49.8 Å². The Hall–Kier alpha value is -3.06. The Kier molecular flexibility index (Phi) is 7.83. The third kappa shape index (κ3) is 5.47. The minimum absolute atomic E-state index is 0.580. The summed E-state index contributed by atoms with van der Waals surface area (Å²) in [5.41, 5.74) is 4.44. The predicted molar refractivity (Wildman–Crippen MR) is 134 cm³/mol. The van der Waals surface area contributed by atoms with E-state index in [4.69, 9.17) is 24.3 Å². The van der Waals surface area contributed by atoms with Crippen molar-refractivity contribution in [2.75, 3.05) is 27.9 Å². The second-order valence-corrected chi connectivity index (χ2v) is 8.81. The van der Waals surface area contributed by atoms with Gasteiger partial charge in [0.2, 0.25) is 10.6 Å². The van der Waals surface area contributed by atoms with E-state index in [0.29, 0.717) is 23.8 Å². The van der Waals surface area contributed by atoms with Gasteiger partial charge in [-0.2, -0.15) is 5.10 Å². The molecule has 1 fully saturated rings. The number of methoxy groups -OCH3 is 3. The molecular weight excluding hydrogens is 434 g/mol. The number of aromatic nitrogens is 1. The van der Waals surface area contributed by atoms with E-state index in [1.165, 1.54) is 30.5 Å². The molecule has 0 atom stereocenters. The summed E-state index contributed by atoms with van der Waals surface area (Å²) in [7, 11) is 4.88. The average molecular weight is 466 g/mol. The van der Waals surface area contributed by atoms with Gasteiger partial charge in [0.25, 0.3) is 0 Å². The molecule has 3 aromatic rings. The molecule has 0 bridgehead atoms. The van der Waals surface area contributed by atoms with Crippen molar-refractivity contribution in [2.45, 2.75) is 38.5 Å². The summed E-state index contributed by atoms with van der Waals surface area (Å²) in [6, 6.07) is 14.4. The lowest BCUT2D eigenvalue weighted by Crippen LogP contribution is -2.17. The summed E-state index contributed by atoms with van der Waals surface area (Å²) >= 11 is 1.61. The van der Waals surface area contributed by atoms with Gasteiger partial charge < -0.3 is 14.2 Å². The second kappa shape index (κ2) is 11.2. The number of nitrogens with zero attached hydrogens (tertiary/aromatic N) is 3. The number of rotatable bonds is 8. The Morgan fingerprint density at radius 1 is 0.909 bits per heavy atom. The van der Waals surface area contributed by atoms with Crippen LogP contribution in [0.1, 0.15) is 37.7 Å². The van der Waals surface area contributed by atoms with Gasteiger partial charge in [-0.1, -0.05) is 36.8 Å². The Bertz CT molecular complexity index is 1130. The summed E-state index contributed by atoms with van der Waals surface area (Å²) in [5, 5.41) is 7.18. The van der Waals surface area contributed by atoms with Crippen LogP contribution in [0.4, 0.5) is 0 Å². The van der Waals surface area contributed by atoms with Crippen molar-refractivity contribution in [3.05, 3.63) is 58.2 Å². The molecule has 0 unspecified atom stereocenters. The molecule has 174 valence electrons. The molecule has 0 spiro atoms. The van der Waals surface area contributed by atoms with Crippen molar-refractivity contribution in [2.24, 2.45) is 10.1 Å². The van der Waals surface area contributed by atoms with Gasteiger partial charge in [0.1, 0.15) is 0 Å². The van der Waals surface area contributed by atoms with E-state index in [0.717, 1.165) is 35.3 Å². The van der Waals surface area contributed by atoms with E-state index in [9.17, 15) is 0 Å². The van der Waals surface area contributed by atoms with Gasteiger partial charge in [0.15, 0.2) is 11.5 Å². The van der Waals surface area contributed by atoms with E-state index in [-0.39, 0.29) is 0 Å². The van der Waals surface area contributed by atoms with Crippen LogP contribution in [0.5, 0.6) is 17.2 Å². The molecule has 4 rings (SSSR count). The van der Waals surface area contributed by atoms with Crippen LogP contribution in [0.25, 0.3) is 11.3 Å². The molecular formula is C26H31N3O3S. The summed E-state index contributed by atoms with van der Waals surface area (Å²) in [4.78, 5) is 5.82. The minimum Gasteiger partial charge on any atom is -0.493 e. The van der Waals surface area contributed by atoms with Gasteiger partial charge in [0, 0.05) is 23.2 Å². The first-order chi connectivity index (χ1) is 16.2. The highest BCUT2D eigenvalue weighted by atomic mass is 32.1. The van der Waals surface area contributed by atoms with E-state index in [1.807, 2.05) is 22.9 Å². The van der Waals surface area contributed by atoms with Crippen molar-refractivity contribution in [3.8, 4) is 28.5 Å². The summed E-state index contributed by atoms with van der Waals surface area (Å²) in [6.45, 7) is 0.712. The average Bonchev–Trinajstić information content (AvgIpc) is 3.26. The fourth-order valence-corrected chi connectivity index (χ4v) is 4.92. The standard InChI is InChI=1S/C26H31N3O3S/c1-30-23-16-20(17-24(31-2)25(23)32-3)22-18-33-26(27-15-14-19-10-6-4-7-11-19)29(22)28-21-12-8-5-9-13-21/h4,6-7,10-11,16-18H,5,8-9,12-15H2,1-3H3. The Morgan fingerprint density at radius 3 is 2.24 bits per heavy atom. The molecule has 0 radical (unpaired) electrons. The normalized spacial score (nSPS) is 14.3.